The number of nitrogens with one attached hydrogen (secondary N) is 1. The van der Waals surface area contributed by atoms with Crippen LogP contribution in [0.5, 0.6) is 11.5 Å². The Kier molecular flexibility index (Phi) is 5.30. The van der Waals surface area contributed by atoms with Gasteiger partial charge in [-0.2, -0.15) is 0 Å². The van der Waals surface area contributed by atoms with Crippen LogP contribution in [0.2, 0.25) is 0 Å². The molecule has 1 fully saturated rings. The summed E-state index contributed by atoms with van der Waals surface area (Å²) in [4.78, 5) is 24.4. The molecule has 1 heterocycles. The lowest BCUT2D eigenvalue weighted by Gasteiger charge is -2.40. The number of ether oxygens (including phenoxy) is 2. The molecule has 1 aromatic rings. The van der Waals surface area contributed by atoms with Crippen molar-refractivity contribution < 1.29 is 19.1 Å². The summed E-state index contributed by atoms with van der Waals surface area (Å²) in [7, 11) is 0. The van der Waals surface area contributed by atoms with Gasteiger partial charge in [-0.1, -0.05) is 13.3 Å². The fourth-order valence-corrected chi connectivity index (χ4v) is 3.61. The highest BCUT2D eigenvalue weighted by Gasteiger charge is 2.41. The van der Waals surface area contributed by atoms with Crippen LogP contribution in [-0.4, -0.2) is 29.9 Å². The first-order valence-electron chi connectivity index (χ1n) is 9.30. The normalized spacial score (nSPS) is 19.7. The van der Waals surface area contributed by atoms with Crippen LogP contribution >= 0.6 is 0 Å². The molecule has 2 aliphatic rings. The van der Waals surface area contributed by atoms with Gasteiger partial charge in [-0.3, -0.25) is 9.59 Å². The maximum atomic E-state index is 12.6. The molecule has 25 heavy (non-hydrogen) atoms. The molecule has 1 amide bonds. The molecule has 0 saturated heterocycles. The van der Waals surface area contributed by atoms with Crippen molar-refractivity contribution in [1.82, 2.24) is 5.32 Å². The minimum Gasteiger partial charge on any atom is -0.486 e. The first-order chi connectivity index (χ1) is 12.0. The zero-order valence-corrected chi connectivity index (χ0v) is 15.1. The van der Waals surface area contributed by atoms with Crippen molar-refractivity contribution in [2.45, 2.75) is 70.4 Å². The molecular formula is C20H27NO4. The molecule has 1 N–H and O–H groups in total. The van der Waals surface area contributed by atoms with Gasteiger partial charge in [0.05, 0.1) is 12.0 Å². The number of rotatable bonds is 5. The van der Waals surface area contributed by atoms with E-state index in [4.69, 9.17) is 9.47 Å². The Morgan fingerprint density at radius 3 is 2.80 bits per heavy atom. The summed E-state index contributed by atoms with van der Waals surface area (Å²) in [6.45, 7) is 3.91. The maximum absolute atomic E-state index is 12.6. The number of fused-ring (bicyclic) bond motifs is 1. The molecule has 5 heteroatoms. The van der Waals surface area contributed by atoms with E-state index in [0.717, 1.165) is 32.1 Å². The van der Waals surface area contributed by atoms with Crippen LogP contribution in [0.15, 0.2) is 18.2 Å². The maximum Gasteiger partial charge on any atom is 0.258 e. The average molecular weight is 345 g/mol. The van der Waals surface area contributed by atoms with Crippen LogP contribution < -0.4 is 14.8 Å². The Labute approximate surface area is 149 Å². The van der Waals surface area contributed by atoms with E-state index in [1.165, 1.54) is 6.42 Å². The molecule has 3 rings (SSSR count). The van der Waals surface area contributed by atoms with E-state index in [1.54, 1.807) is 18.2 Å². The van der Waals surface area contributed by atoms with Gasteiger partial charge in [0.25, 0.3) is 5.91 Å². The second-order valence-electron chi connectivity index (χ2n) is 7.27. The van der Waals surface area contributed by atoms with Gasteiger partial charge >= 0.3 is 0 Å². The van der Waals surface area contributed by atoms with Crippen LogP contribution in [0, 0.1) is 0 Å². The third-order valence-electron chi connectivity index (χ3n) is 5.22. The highest BCUT2D eigenvalue weighted by atomic mass is 16.5. The van der Waals surface area contributed by atoms with E-state index in [1.807, 2.05) is 13.8 Å². The molecule has 0 radical (unpaired) electrons. The molecule has 136 valence electrons. The number of ketones is 1. The summed E-state index contributed by atoms with van der Waals surface area (Å²) in [6, 6.07) is 5.39. The fourth-order valence-electron chi connectivity index (χ4n) is 3.61. The van der Waals surface area contributed by atoms with Gasteiger partial charge in [0, 0.05) is 6.04 Å². The van der Waals surface area contributed by atoms with Crippen LogP contribution in [0.3, 0.4) is 0 Å². The Bertz CT molecular complexity index is 649. The number of carbonyl (C=O) groups is 2. The highest BCUT2D eigenvalue weighted by molar-refractivity contribution is 6.00. The minimum atomic E-state index is -0.305. The zero-order chi connectivity index (χ0) is 17.9. The first kappa shape index (κ1) is 17.8. The van der Waals surface area contributed by atoms with E-state index in [0.29, 0.717) is 23.5 Å². The number of Topliss-reactive ketones (excluding diaryl/α,β-unsaturated/α-hetero) is 1. The molecule has 1 saturated carbocycles. The second-order valence-corrected chi connectivity index (χ2v) is 7.27. The Hall–Kier alpha value is -2.04. The molecule has 1 atom stereocenters. The van der Waals surface area contributed by atoms with Crippen molar-refractivity contribution in [1.29, 1.82) is 0 Å². The van der Waals surface area contributed by atoms with Crippen molar-refractivity contribution in [3.8, 4) is 11.5 Å². The molecule has 0 aromatic heterocycles. The molecule has 0 bridgehead atoms. The van der Waals surface area contributed by atoms with Crippen molar-refractivity contribution in [3.63, 3.8) is 0 Å². The molecule has 1 unspecified atom stereocenters. The first-order valence-corrected chi connectivity index (χ1v) is 9.30. The summed E-state index contributed by atoms with van der Waals surface area (Å²) in [5.74, 6) is 1.12. The van der Waals surface area contributed by atoms with Crippen LogP contribution in [0.25, 0.3) is 0 Å². The molecule has 1 aromatic carbocycles. The van der Waals surface area contributed by atoms with Gasteiger partial charge in [-0.05, 0) is 57.2 Å². The fraction of sp³-hybridized carbons (Fsp3) is 0.600. The standard InChI is InChI=1S/C20H27NO4/c1-3-14(2)21-19(23)13-24-15-7-8-18-16(11-15)17(22)12-20(25-18)9-5-4-6-10-20/h7-8,11,14H,3-6,9-10,12-13H2,1-2H3,(H,21,23). The average Bonchev–Trinajstić information content (AvgIpc) is 2.60. The Morgan fingerprint density at radius 2 is 2.08 bits per heavy atom. The van der Waals surface area contributed by atoms with E-state index in [2.05, 4.69) is 5.32 Å². The summed E-state index contributed by atoms with van der Waals surface area (Å²) in [6.07, 6.45) is 6.68. The van der Waals surface area contributed by atoms with Gasteiger partial charge in [0.1, 0.15) is 17.1 Å². The van der Waals surface area contributed by atoms with Gasteiger partial charge < -0.3 is 14.8 Å². The SMILES string of the molecule is CCC(C)NC(=O)COc1ccc2c(c1)C(=O)CC1(CCCCC1)O2. The minimum absolute atomic E-state index is 0.0535. The molecule has 1 aliphatic carbocycles. The number of benzene rings is 1. The number of amides is 1. The van der Waals surface area contributed by atoms with E-state index in [9.17, 15) is 9.59 Å². The monoisotopic (exact) mass is 345 g/mol. The van der Waals surface area contributed by atoms with Gasteiger partial charge in [0.15, 0.2) is 12.4 Å². The third kappa shape index (κ3) is 4.14. The van der Waals surface area contributed by atoms with E-state index in [-0.39, 0.29) is 29.9 Å². The largest absolute Gasteiger partial charge is 0.486 e. The summed E-state index contributed by atoms with van der Waals surface area (Å²) in [5.41, 5.74) is 0.261. The number of hydrogen-bond acceptors (Lipinski definition) is 4. The van der Waals surface area contributed by atoms with Crippen molar-refractivity contribution in [2.24, 2.45) is 0 Å². The summed E-state index contributed by atoms with van der Waals surface area (Å²) < 4.78 is 11.8. The van der Waals surface area contributed by atoms with Gasteiger partial charge in [-0.15, -0.1) is 0 Å². The van der Waals surface area contributed by atoms with Gasteiger partial charge in [0.2, 0.25) is 0 Å². The second kappa shape index (κ2) is 7.46. The summed E-state index contributed by atoms with van der Waals surface area (Å²) >= 11 is 0. The summed E-state index contributed by atoms with van der Waals surface area (Å²) in [5, 5.41) is 2.85. The smallest absolute Gasteiger partial charge is 0.258 e. The third-order valence-corrected chi connectivity index (χ3v) is 5.22. The van der Waals surface area contributed by atoms with Crippen molar-refractivity contribution >= 4 is 11.7 Å². The molecule has 1 spiro atoms. The van der Waals surface area contributed by atoms with E-state index < -0.39 is 0 Å². The quantitative estimate of drug-likeness (QED) is 0.885. The highest BCUT2D eigenvalue weighted by Crippen LogP contribution is 2.42. The lowest BCUT2D eigenvalue weighted by Crippen LogP contribution is -2.43. The van der Waals surface area contributed by atoms with Crippen LogP contribution in [0.4, 0.5) is 0 Å². The zero-order valence-electron chi connectivity index (χ0n) is 15.1. The van der Waals surface area contributed by atoms with Crippen molar-refractivity contribution in [2.75, 3.05) is 6.61 Å². The van der Waals surface area contributed by atoms with Crippen molar-refractivity contribution in [3.05, 3.63) is 23.8 Å². The molecular weight excluding hydrogens is 318 g/mol. The Balaban J connectivity index is 1.65. The predicted octanol–water partition coefficient (Wildman–Crippen LogP) is 3.65. The predicted molar refractivity (Wildman–Crippen MR) is 95.2 cm³/mol. The van der Waals surface area contributed by atoms with Gasteiger partial charge in [-0.25, -0.2) is 0 Å². The molecule has 1 aliphatic heterocycles. The van der Waals surface area contributed by atoms with Crippen LogP contribution in [-0.2, 0) is 4.79 Å². The van der Waals surface area contributed by atoms with Crippen LogP contribution in [0.1, 0.15) is 69.2 Å². The lowest BCUT2D eigenvalue weighted by atomic mass is 9.78. The number of hydrogen-bond donors (Lipinski definition) is 1. The Morgan fingerprint density at radius 1 is 1.32 bits per heavy atom. The molecule has 5 nitrogen and oxygen atoms in total. The lowest BCUT2D eigenvalue weighted by molar-refractivity contribution is -0.123. The number of carbonyl (C=O) groups excluding carboxylic acids is 2. The topological polar surface area (TPSA) is 64.6 Å². The van der Waals surface area contributed by atoms with E-state index >= 15 is 0 Å².